The van der Waals surface area contributed by atoms with Gasteiger partial charge in [-0.05, 0) is 26.3 Å². The Morgan fingerprint density at radius 1 is 1.43 bits per heavy atom. The van der Waals surface area contributed by atoms with E-state index in [4.69, 9.17) is 0 Å². The molecule has 1 saturated heterocycles. The van der Waals surface area contributed by atoms with Crippen molar-refractivity contribution in [3.8, 4) is 0 Å². The number of carbonyl (C=O) groups excluding carboxylic acids is 1. The average Bonchev–Trinajstić information content (AvgIpc) is 2.26. The summed E-state index contributed by atoms with van der Waals surface area (Å²) in [6.07, 6.45) is -0.523. The van der Waals surface area contributed by atoms with E-state index in [-0.39, 0.29) is 17.9 Å². The summed E-state index contributed by atoms with van der Waals surface area (Å²) in [5.41, 5.74) is 2.37. The van der Waals surface area contributed by atoms with Crippen molar-refractivity contribution in [2.24, 2.45) is 11.8 Å². The van der Waals surface area contributed by atoms with Gasteiger partial charge in [-0.25, -0.2) is 0 Å². The van der Waals surface area contributed by atoms with Gasteiger partial charge in [0.2, 0.25) is 5.91 Å². The van der Waals surface area contributed by atoms with Crippen LogP contribution in [0.25, 0.3) is 0 Å². The van der Waals surface area contributed by atoms with Gasteiger partial charge in [0.1, 0.15) is 0 Å². The van der Waals surface area contributed by atoms with Crippen LogP contribution in [-0.4, -0.2) is 28.1 Å². The smallest absolute Gasteiger partial charge is 0.234 e. The Morgan fingerprint density at radius 3 is 2.50 bits per heavy atom. The van der Waals surface area contributed by atoms with Gasteiger partial charge in [0.15, 0.2) is 0 Å². The first-order chi connectivity index (χ1) is 6.46. The van der Waals surface area contributed by atoms with Gasteiger partial charge in [-0.3, -0.25) is 4.79 Å². The fourth-order valence-corrected chi connectivity index (χ4v) is 2.72. The maximum atomic E-state index is 11.7. The van der Waals surface area contributed by atoms with E-state index in [0.717, 1.165) is 5.70 Å². The molecule has 0 bridgehead atoms. The van der Waals surface area contributed by atoms with Crippen molar-refractivity contribution in [1.29, 1.82) is 0 Å². The number of aliphatic hydroxyl groups is 1. The summed E-state index contributed by atoms with van der Waals surface area (Å²) in [7, 11) is 0. The summed E-state index contributed by atoms with van der Waals surface area (Å²) in [4.78, 5) is 13.6. The van der Waals surface area contributed by atoms with E-state index in [2.05, 4.69) is 13.8 Å². The Bertz CT molecular complexity index is 319. The van der Waals surface area contributed by atoms with E-state index in [1.54, 1.807) is 6.92 Å². The predicted molar refractivity (Wildman–Crippen MR) is 53.3 cm³/mol. The molecule has 2 aliphatic heterocycles. The van der Waals surface area contributed by atoms with Crippen molar-refractivity contribution in [1.82, 2.24) is 4.90 Å². The maximum absolute atomic E-state index is 11.7. The van der Waals surface area contributed by atoms with E-state index < -0.39 is 6.10 Å². The van der Waals surface area contributed by atoms with E-state index >= 15 is 0 Å². The molecule has 3 heteroatoms. The molecule has 0 aliphatic carbocycles. The molecule has 2 heterocycles. The SMILES string of the molecule is CC1=C(C)N2C(=O)C(C(C)O)C2C1C. The summed E-state index contributed by atoms with van der Waals surface area (Å²) >= 11 is 0. The third-order valence-corrected chi connectivity index (χ3v) is 3.84. The Labute approximate surface area is 84.4 Å². The Morgan fingerprint density at radius 2 is 2.00 bits per heavy atom. The molecule has 1 N–H and O–H groups in total. The number of rotatable bonds is 1. The highest BCUT2D eigenvalue weighted by molar-refractivity contribution is 5.89. The van der Waals surface area contributed by atoms with Gasteiger partial charge in [0.25, 0.3) is 0 Å². The van der Waals surface area contributed by atoms with E-state index in [1.807, 2.05) is 11.8 Å². The lowest BCUT2D eigenvalue weighted by Crippen LogP contribution is -2.62. The molecule has 78 valence electrons. The zero-order chi connectivity index (χ0) is 10.6. The van der Waals surface area contributed by atoms with Crippen LogP contribution in [0.4, 0.5) is 0 Å². The number of β-lactam (4-membered cyclic amide) rings is 1. The summed E-state index contributed by atoms with van der Waals surface area (Å²) < 4.78 is 0. The van der Waals surface area contributed by atoms with Crippen molar-refractivity contribution in [2.45, 2.75) is 39.8 Å². The number of carbonyl (C=O) groups is 1. The lowest BCUT2D eigenvalue weighted by Gasteiger charge is -2.46. The summed E-state index contributed by atoms with van der Waals surface area (Å²) in [5.74, 6) is 0.302. The van der Waals surface area contributed by atoms with Crippen molar-refractivity contribution in [3.63, 3.8) is 0 Å². The van der Waals surface area contributed by atoms with Crippen LogP contribution < -0.4 is 0 Å². The fourth-order valence-electron chi connectivity index (χ4n) is 2.72. The number of nitrogens with zero attached hydrogens (tertiary/aromatic N) is 1. The van der Waals surface area contributed by atoms with Crippen LogP contribution in [-0.2, 0) is 4.79 Å². The normalized spacial score (nSPS) is 38.5. The standard InChI is InChI=1S/C11H17NO2/c1-5-6(2)10-9(8(4)13)11(14)12(10)7(5)3/h6,8-10,13H,1-4H3. The molecular weight excluding hydrogens is 178 g/mol. The molecule has 0 spiro atoms. The Balaban J connectivity index is 2.29. The topological polar surface area (TPSA) is 40.5 Å². The molecular formula is C11H17NO2. The monoisotopic (exact) mass is 195 g/mol. The quantitative estimate of drug-likeness (QED) is 0.637. The van der Waals surface area contributed by atoms with Gasteiger partial charge < -0.3 is 10.0 Å². The van der Waals surface area contributed by atoms with Gasteiger partial charge in [-0.2, -0.15) is 0 Å². The van der Waals surface area contributed by atoms with Gasteiger partial charge in [0, 0.05) is 11.6 Å². The Kier molecular flexibility index (Phi) is 1.96. The van der Waals surface area contributed by atoms with E-state index in [1.165, 1.54) is 5.57 Å². The van der Waals surface area contributed by atoms with Crippen LogP contribution in [0.1, 0.15) is 27.7 Å². The minimum absolute atomic E-state index is 0.0891. The van der Waals surface area contributed by atoms with Crippen LogP contribution in [0, 0.1) is 11.8 Å². The second-order valence-corrected chi connectivity index (χ2v) is 4.52. The summed E-state index contributed by atoms with van der Waals surface area (Å²) in [6, 6.07) is 0.211. The van der Waals surface area contributed by atoms with Crippen LogP contribution in [0.3, 0.4) is 0 Å². The van der Waals surface area contributed by atoms with E-state index in [9.17, 15) is 9.90 Å². The lowest BCUT2D eigenvalue weighted by molar-refractivity contribution is -0.159. The largest absolute Gasteiger partial charge is 0.393 e. The highest BCUT2D eigenvalue weighted by atomic mass is 16.3. The Hall–Kier alpha value is -0.830. The second-order valence-electron chi connectivity index (χ2n) is 4.52. The molecule has 1 fully saturated rings. The predicted octanol–water partition coefficient (Wildman–Crippen LogP) is 1.14. The molecule has 0 aromatic rings. The molecule has 0 saturated carbocycles. The number of fused-ring (bicyclic) bond motifs is 1. The second kappa shape index (κ2) is 2.83. The van der Waals surface area contributed by atoms with E-state index in [0.29, 0.717) is 5.92 Å². The maximum Gasteiger partial charge on any atom is 0.234 e. The van der Waals surface area contributed by atoms with Gasteiger partial charge in [-0.1, -0.05) is 6.92 Å². The van der Waals surface area contributed by atoms with Gasteiger partial charge in [-0.15, -0.1) is 0 Å². The molecule has 3 nitrogen and oxygen atoms in total. The third kappa shape index (κ3) is 0.934. The molecule has 4 unspecified atom stereocenters. The van der Waals surface area contributed by atoms with Crippen molar-refractivity contribution >= 4 is 5.91 Å². The summed E-state index contributed by atoms with van der Waals surface area (Å²) in [5, 5.41) is 9.51. The van der Waals surface area contributed by atoms with Crippen molar-refractivity contribution in [3.05, 3.63) is 11.3 Å². The molecule has 2 aliphatic rings. The van der Waals surface area contributed by atoms with Crippen molar-refractivity contribution in [2.75, 3.05) is 0 Å². The molecule has 1 amide bonds. The summed E-state index contributed by atoms with van der Waals surface area (Å²) in [6.45, 7) is 7.90. The number of amides is 1. The first-order valence-corrected chi connectivity index (χ1v) is 5.15. The minimum Gasteiger partial charge on any atom is -0.393 e. The molecule has 0 aromatic heterocycles. The minimum atomic E-state index is -0.523. The zero-order valence-electron chi connectivity index (χ0n) is 9.11. The first-order valence-electron chi connectivity index (χ1n) is 5.15. The van der Waals surface area contributed by atoms with Crippen LogP contribution in [0.2, 0.25) is 0 Å². The average molecular weight is 195 g/mol. The first kappa shape index (κ1) is 9.71. The highest BCUT2D eigenvalue weighted by Crippen LogP contribution is 2.46. The van der Waals surface area contributed by atoms with Crippen LogP contribution in [0.5, 0.6) is 0 Å². The van der Waals surface area contributed by atoms with Crippen molar-refractivity contribution < 1.29 is 9.90 Å². The van der Waals surface area contributed by atoms with Gasteiger partial charge >= 0.3 is 0 Å². The van der Waals surface area contributed by atoms with Crippen LogP contribution in [0.15, 0.2) is 11.3 Å². The number of hydrogen-bond donors (Lipinski definition) is 1. The fraction of sp³-hybridized carbons (Fsp3) is 0.727. The lowest BCUT2D eigenvalue weighted by atomic mass is 9.78. The number of hydrogen-bond acceptors (Lipinski definition) is 2. The molecule has 0 aromatic carbocycles. The zero-order valence-corrected chi connectivity index (χ0v) is 9.11. The van der Waals surface area contributed by atoms with Gasteiger partial charge in [0.05, 0.1) is 18.1 Å². The third-order valence-electron chi connectivity index (χ3n) is 3.84. The molecule has 14 heavy (non-hydrogen) atoms. The molecule has 2 rings (SSSR count). The highest BCUT2D eigenvalue weighted by Gasteiger charge is 2.56. The number of aliphatic hydroxyl groups excluding tert-OH is 1. The molecule has 0 radical (unpaired) electrons. The number of allylic oxidation sites excluding steroid dienone is 1. The molecule has 4 atom stereocenters. The van der Waals surface area contributed by atoms with Crippen LogP contribution >= 0.6 is 0 Å².